The Bertz CT molecular complexity index is 1190. The quantitative estimate of drug-likeness (QED) is 0.477. The van der Waals surface area contributed by atoms with Crippen LogP contribution < -0.4 is 10.2 Å². The van der Waals surface area contributed by atoms with Crippen LogP contribution in [0.5, 0.6) is 0 Å². The molecule has 2 aliphatic rings. The Morgan fingerprint density at radius 3 is 2.31 bits per heavy atom. The molecule has 1 atom stereocenters. The summed E-state index contributed by atoms with van der Waals surface area (Å²) in [7, 11) is 0. The summed E-state index contributed by atoms with van der Waals surface area (Å²) in [5.74, 6) is -1.32. The van der Waals surface area contributed by atoms with Gasteiger partial charge in [0.2, 0.25) is 0 Å². The summed E-state index contributed by atoms with van der Waals surface area (Å²) in [6.07, 6.45) is 2.12. The number of piperidine rings is 1. The molecule has 182 valence electrons. The number of nitrogens with one attached hydrogen (secondary N) is 1. The predicted octanol–water partition coefficient (Wildman–Crippen LogP) is 4.17. The van der Waals surface area contributed by atoms with Crippen molar-refractivity contribution in [2.45, 2.75) is 26.7 Å². The summed E-state index contributed by atoms with van der Waals surface area (Å²) in [4.78, 5) is 53.2. The molecule has 2 aliphatic heterocycles. The topological polar surface area (TPSA) is 96.0 Å². The SMILES string of the molecule is CCOC(=O)c1ccc(N2C(=O)C(Cl)=C(Nc3ccc(C(=O)N4CCCC(C)C4)cc3)C2=O)cc1. The molecule has 0 radical (unpaired) electrons. The molecule has 3 amide bonds. The average Bonchev–Trinajstić information content (AvgIpc) is 3.07. The Balaban J connectivity index is 1.46. The van der Waals surface area contributed by atoms with E-state index in [9.17, 15) is 19.2 Å². The molecule has 1 saturated heterocycles. The van der Waals surface area contributed by atoms with Gasteiger partial charge < -0.3 is 15.0 Å². The number of likely N-dealkylation sites (tertiary alicyclic amines) is 1. The van der Waals surface area contributed by atoms with E-state index in [1.165, 1.54) is 24.3 Å². The zero-order chi connectivity index (χ0) is 25.1. The molecule has 8 nitrogen and oxygen atoms in total. The van der Waals surface area contributed by atoms with E-state index in [0.717, 1.165) is 30.8 Å². The molecule has 1 unspecified atom stereocenters. The molecular formula is C26H26ClN3O5. The molecule has 1 N–H and O–H groups in total. The Labute approximate surface area is 208 Å². The molecule has 9 heteroatoms. The first-order valence-corrected chi connectivity index (χ1v) is 11.9. The van der Waals surface area contributed by atoms with Gasteiger partial charge in [0.15, 0.2) is 0 Å². The number of rotatable bonds is 6. The fraction of sp³-hybridized carbons (Fsp3) is 0.308. The van der Waals surface area contributed by atoms with Crippen molar-refractivity contribution in [2.24, 2.45) is 5.92 Å². The number of hydrogen-bond donors (Lipinski definition) is 1. The van der Waals surface area contributed by atoms with E-state index in [2.05, 4.69) is 12.2 Å². The third-order valence-corrected chi connectivity index (χ3v) is 6.36. The van der Waals surface area contributed by atoms with Crippen LogP contribution in [0.1, 0.15) is 47.4 Å². The van der Waals surface area contributed by atoms with Gasteiger partial charge in [0.05, 0.1) is 17.9 Å². The Morgan fingerprint density at radius 1 is 1.03 bits per heavy atom. The standard InChI is InChI=1S/C26H26ClN3O5/c1-3-35-26(34)18-8-12-20(13-9-18)30-24(32)21(27)22(25(30)33)28-19-10-6-17(7-11-19)23(31)29-14-4-5-16(2)15-29/h6-13,16,28H,3-5,14-15H2,1-2H3. The second-order valence-corrected chi connectivity index (χ2v) is 8.98. The first kappa shape index (κ1) is 24.5. The van der Waals surface area contributed by atoms with Crippen molar-refractivity contribution in [2.75, 3.05) is 29.9 Å². The second-order valence-electron chi connectivity index (χ2n) is 8.60. The molecule has 1 fully saturated rings. The van der Waals surface area contributed by atoms with Crippen molar-refractivity contribution >= 4 is 46.7 Å². The average molecular weight is 496 g/mol. The van der Waals surface area contributed by atoms with Gasteiger partial charge in [0, 0.05) is 24.3 Å². The molecule has 4 rings (SSSR count). The van der Waals surface area contributed by atoms with Gasteiger partial charge in [-0.2, -0.15) is 0 Å². The molecule has 35 heavy (non-hydrogen) atoms. The maximum Gasteiger partial charge on any atom is 0.338 e. The van der Waals surface area contributed by atoms with E-state index in [-0.39, 0.29) is 28.9 Å². The van der Waals surface area contributed by atoms with Crippen molar-refractivity contribution < 1.29 is 23.9 Å². The second kappa shape index (κ2) is 10.3. The van der Waals surface area contributed by atoms with Crippen molar-refractivity contribution in [1.82, 2.24) is 4.90 Å². The van der Waals surface area contributed by atoms with Gasteiger partial charge >= 0.3 is 5.97 Å². The van der Waals surface area contributed by atoms with E-state index in [4.69, 9.17) is 16.3 Å². The number of imide groups is 1. The van der Waals surface area contributed by atoms with Gasteiger partial charge in [0.25, 0.3) is 17.7 Å². The summed E-state index contributed by atoms with van der Waals surface area (Å²) < 4.78 is 4.95. The molecule has 0 saturated carbocycles. The van der Waals surface area contributed by atoms with Gasteiger partial charge in [-0.15, -0.1) is 0 Å². The molecule has 2 heterocycles. The third-order valence-electron chi connectivity index (χ3n) is 6.01. The van der Waals surface area contributed by atoms with E-state index in [1.54, 1.807) is 31.2 Å². The number of benzene rings is 2. The van der Waals surface area contributed by atoms with Gasteiger partial charge in [-0.25, -0.2) is 9.69 Å². The highest BCUT2D eigenvalue weighted by Crippen LogP contribution is 2.30. The molecule has 2 aromatic carbocycles. The van der Waals surface area contributed by atoms with Crippen LogP contribution in [-0.4, -0.2) is 48.3 Å². The molecule has 0 bridgehead atoms. The Morgan fingerprint density at radius 2 is 1.69 bits per heavy atom. The number of carbonyl (C=O) groups is 4. The monoisotopic (exact) mass is 495 g/mol. The number of carbonyl (C=O) groups excluding carboxylic acids is 4. The number of anilines is 2. The summed E-state index contributed by atoms with van der Waals surface area (Å²) in [6, 6.07) is 12.6. The lowest BCUT2D eigenvalue weighted by atomic mass is 9.99. The summed E-state index contributed by atoms with van der Waals surface area (Å²) in [5, 5.41) is 2.66. The highest BCUT2D eigenvalue weighted by molar-refractivity contribution is 6.53. The number of halogens is 1. The lowest BCUT2D eigenvalue weighted by molar-refractivity contribution is -0.120. The lowest BCUT2D eigenvalue weighted by Gasteiger charge is -2.31. The molecular weight excluding hydrogens is 470 g/mol. The predicted molar refractivity (Wildman–Crippen MR) is 132 cm³/mol. The largest absolute Gasteiger partial charge is 0.462 e. The van der Waals surface area contributed by atoms with Crippen molar-refractivity contribution in [1.29, 1.82) is 0 Å². The van der Waals surface area contributed by atoms with Gasteiger partial charge in [-0.3, -0.25) is 14.4 Å². The number of amides is 3. The van der Waals surface area contributed by atoms with Crippen LogP contribution in [0, 0.1) is 5.92 Å². The lowest BCUT2D eigenvalue weighted by Crippen LogP contribution is -2.39. The minimum atomic E-state index is -0.672. The molecule has 0 aromatic heterocycles. The smallest absolute Gasteiger partial charge is 0.338 e. The van der Waals surface area contributed by atoms with Crippen LogP contribution in [0.15, 0.2) is 59.3 Å². The zero-order valence-electron chi connectivity index (χ0n) is 19.5. The zero-order valence-corrected chi connectivity index (χ0v) is 20.3. The third kappa shape index (κ3) is 5.07. The number of nitrogens with zero attached hydrogens (tertiary/aromatic N) is 2. The number of ether oxygens (including phenoxy) is 1. The van der Waals surface area contributed by atoms with E-state index in [1.807, 2.05) is 4.90 Å². The van der Waals surface area contributed by atoms with Crippen LogP contribution in [0.3, 0.4) is 0 Å². The highest BCUT2D eigenvalue weighted by atomic mass is 35.5. The van der Waals surface area contributed by atoms with Crippen molar-refractivity contribution in [3.63, 3.8) is 0 Å². The molecule has 0 spiro atoms. The normalized spacial score (nSPS) is 18.2. The molecule has 2 aromatic rings. The Hall–Kier alpha value is -3.65. The summed E-state index contributed by atoms with van der Waals surface area (Å²) in [5.41, 5.74) is 1.60. The molecule has 0 aliphatic carbocycles. The van der Waals surface area contributed by atoms with E-state index in [0.29, 0.717) is 22.7 Å². The van der Waals surface area contributed by atoms with E-state index < -0.39 is 17.8 Å². The van der Waals surface area contributed by atoms with Crippen LogP contribution in [0.4, 0.5) is 11.4 Å². The van der Waals surface area contributed by atoms with Crippen LogP contribution in [-0.2, 0) is 14.3 Å². The Kier molecular flexibility index (Phi) is 7.21. The maximum absolute atomic E-state index is 13.0. The van der Waals surface area contributed by atoms with Gasteiger partial charge in [0.1, 0.15) is 10.7 Å². The number of hydrogen-bond acceptors (Lipinski definition) is 6. The minimum Gasteiger partial charge on any atom is -0.462 e. The minimum absolute atomic E-state index is 0.0232. The van der Waals surface area contributed by atoms with Crippen molar-refractivity contribution in [3.05, 3.63) is 70.4 Å². The first-order chi connectivity index (χ1) is 16.8. The van der Waals surface area contributed by atoms with Crippen LogP contribution in [0.2, 0.25) is 0 Å². The van der Waals surface area contributed by atoms with Gasteiger partial charge in [-0.05, 0) is 74.2 Å². The summed E-state index contributed by atoms with van der Waals surface area (Å²) in [6.45, 7) is 5.58. The van der Waals surface area contributed by atoms with Crippen LogP contribution >= 0.6 is 11.6 Å². The summed E-state index contributed by atoms with van der Waals surface area (Å²) >= 11 is 6.21. The van der Waals surface area contributed by atoms with Crippen LogP contribution in [0.25, 0.3) is 0 Å². The first-order valence-electron chi connectivity index (χ1n) is 11.5. The van der Waals surface area contributed by atoms with E-state index >= 15 is 0 Å². The van der Waals surface area contributed by atoms with Crippen molar-refractivity contribution in [3.8, 4) is 0 Å². The fourth-order valence-electron chi connectivity index (χ4n) is 4.20. The number of esters is 1. The van der Waals surface area contributed by atoms with Gasteiger partial charge in [-0.1, -0.05) is 18.5 Å². The fourth-order valence-corrected chi connectivity index (χ4v) is 4.42. The highest BCUT2D eigenvalue weighted by Gasteiger charge is 2.39. The maximum atomic E-state index is 13.0.